The van der Waals surface area contributed by atoms with E-state index in [1.54, 1.807) is 12.1 Å². The van der Waals surface area contributed by atoms with Crippen LogP contribution in [0.25, 0.3) is 0 Å². The molecule has 1 aliphatic heterocycles. The molecule has 7 heteroatoms. The Labute approximate surface area is 131 Å². The second-order valence-corrected chi connectivity index (χ2v) is 7.63. The molecule has 0 bridgehead atoms. The molecule has 1 aliphatic rings. The maximum Gasteiger partial charge on any atom is 0.208 e. The molecular formula is C15H23FN2O3S. The maximum atomic E-state index is 12.9. The van der Waals surface area contributed by atoms with Crippen LogP contribution in [0.1, 0.15) is 30.9 Å². The summed E-state index contributed by atoms with van der Waals surface area (Å²) in [6, 6.07) is 6.12. The Balaban J connectivity index is 1.86. The molecule has 0 aromatic heterocycles. The zero-order valence-electron chi connectivity index (χ0n) is 12.7. The Hall–Kier alpha value is -1.02. The van der Waals surface area contributed by atoms with Crippen molar-refractivity contribution in [1.82, 2.24) is 9.62 Å². The van der Waals surface area contributed by atoms with E-state index in [1.807, 2.05) is 0 Å². The van der Waals surface area contributed by atoms with E-state index in [1.165, 1.54) is 12.1 Å². The molecule has 1 fully saturated rings. The minimum Gasteiger partial charge on any atom is -0.388 e. The van der Waals surface area contributed by atoms with Gasteiger partial charge < -0.3 is 5.11 Å². The zero-order chi connectivity index (χ0) is 16.2. The Morgan fingerprint density at radius 3 is 2.73 bits per heavy atom. The smallest absolute Gasteiger partial charge is 0.208 e. The highest BCUT2D eigenvalue weighted by molar-refractivity contribution is 7.88. The minimum absolute atomic E-state index is 0.224. The van der Waals surface area contributed by atoms with Crippen molar-refractivity contribution in [3.63, 3.8) is 0 Å². The van der Waals surface area contributed by atoms with Crippen LogP contribution in [0.4, 0.5) is 4.39 Å². The third-order valence-corrected chi connectivity index (χ3v) is 4.74. The van der Waals surface area contributed by atoms with Crippen LogP contribution in [0, 0.1) is 5.82 Å². The zero-order valence-corrected chi connectivity index (χ0v) is 13.5. The number of nitrogens with zero attached hydrogens (tertiary/aromatic N) is 1. The number of halogens is 1. The standard InChI is InChI=1S/C15H23FN2O3S/c1-22(20,21)17-8-10-18-9-2-3-14(18)11-15(19)12-4-6-13(16)7-5-12/h4-7,14-15,17,19H,2-3,8-11H2,1H3/t14-,15+/m0/s1. The van der Waals surface area contributed by atoms with Gasteiger partial charge in [0.25, 0.3) is 0 Å². The fraction of sp³-hybridized carbons (Fsp3) is 0.600. The summed E-state index contributed by atoms with van der Waals surface area (Å²) in [5, 5.41) is 10.3. The molecular weight excluding hydrogens is 307 g/mol. The molecule has 2 N–H and O–H groups in total. The van der Waals surface area contributed by atoms with Crippen LogP contribution in [-0.4, -0.2) is 50.4 Å². The maximum absolute atomic E-state index is 12.9. The van der Waals surface area contributed by atoms with Gasteiger partial charge in [-0.25, -0.2) is 17.5 Å². The summed E-state index contributed by atoms with van der Waals surface area (Å²) in [5.41, 5.74) is 0.711. The highest BCUT2D eigenvalue weighted by atomic mass is 32.2. The predicted octanol–water partition coefficient (Wildman–Crippen LogP) is 1.26. The summed E-state index contributed by atoms with van der Waals surface area (Å²) in [7, 11) is -3.16. The number of sulfonamides is 1. The van der Waals surface area contributed by atoms with E-state index in [4.69, 9.17) is 0 Å². The van der Waals surface area contributed by atoms with Gasteiger partial charge in [0.05, 0.1) is 12.4 Å². The molecule has 2 rings (SSSR count). The van der Waals surface area contributed by atoms with Crippen molar-refractivity contribution in [2.75, 3.05) is 25.9 Å². The molecule has 0 spiro atoms. The Morgan fingerprint density at radius 1 is 1.41 bits per heavy atom. The van der Waals surface area contributed by atoms with Crippen molar-refractivity contribution < 1.29 is 17.9 Å². The number of hydrogen-bond donors (Lipinski definition) is 2. The summed E-state index contributed by atoms with van der Waals surface area (Å²) in [6.07, 6.45) is 3.11. The molecule has 124 valence electrons. The molecule has 1 aromatic carbocycles. The number of rotatable bonds is 7. The van der Waals surface area contributed by atoms with E-state index in [2.05, 4.69) is 9.62 Å². The van der Waals surface area contributed by atoms with Crippen LogP contribution < -0.4 is 4.72 Å². The lowest BCUT2D eigenvalue weighted by Crippen LogP contribution is -2.37. The number of nitrogens with one attached hydrogen (secondary N) is 1. The van der Waals surface area contributed by atoms with Gasteiger partial charge in [0, 0.05) is 19.1 Å². The quantitative estimate of drug-likeness (QED) is 0.790. The van der Waals surface area contributed by atoms with Gasteiger partial charge in [0.2, 0.25) is 10.0 Å². The van der Waals surface area contributed by atoms with Gasteiger partial charge in [-0.1, -0.05) is 12.1 Å². The van der Waals surface area contributed by atoms with Crippen LogP contribution in [0.2, 0.25) is 0 Å². The highest BCUT2D eigenvalue weighted by Gasteiger charge is 2.26. The second kappa shape index (κ2) is 7.50. The number of likely N-dealkylation sites (tertiary alicyclic amines) is 1. The van der Waals surface area contributed by atoms with Gasteiger partial charge in [-0.05, 0) is 43.5 Å². The van der Waals surface area contributed by atoms with E-state index in [9.17, 15) is 17.9 Å². The van der Waals surface area contributed by atoms with Crippen molar-refractivity contribution in [1.29, 1.82) is 0 Å². The van der Waals surface area contributed by atoms with Gasteiger partial charge in [0.1, 0.15) is 5.82 Å². The molecule has 0 unspecified atom stereocenters. The first-order valence-electron chi connectivity index (χ1n) is 7.47. The summed E-state index contributed by atoms with van der Waals surface area (Å²) < 4.78 is 37.5. The van der Waals surface area contributed by atoms with Gasteiger partial charge >= 0.3 is 0 Å². The van der Waals surface area contributed by atoms with Gasteiger partial charge in [-0.2, -0.15) is 0 Å². The first-order chi connectivity index (χ1) is 10.3. The Bertz CT molecular complexity index is 577. The molecule has 5 nitrogen and oxygen atoms in total. The number of aliphatic hydroxyl groups excluding tert-OH is 1. The summed E-state index contributed by atoms with van der Waals surface area (Å²) in [6.45, 7) is 1.92. The third kappa shape index (κ3) is 5.31. The lowest BCUT2D eigenvalue weighted by molar-refractivity contribution is 0.121. The van der Waals surface area contributed by atoms with Crippen LogP contribution in [0.3, 0.4) is 0 Å². The average molecular weight is 330 g/mol. The molecule has 22 heavy (non-hydrogen) atoms. The summed E-state index contributed by atoms with van der Waals surface area (Å²) in [4.78, 5) is 2.20. The van der Waals surface area contributed by atoms with Crippen LogP contribution in [0.5, 0.6) is 0 Å². The molecule has 0 aliphatic carbocycles. The molecule has 0 radical (unpaired) electrons. The largest absolute Gasteiger partial charge is 0.388 e. The molecule has 2 atom stereocenters. The summed E-state index contributed by atoms with van der Waals surface area (Å²) in [5.74, 6) is -0.315. The topological polar surface area (TPSA) is 69.6 Å². The molecule has 1 saturated heterocycles. The van der Waals surface area contributed by atoms with Crippen molar-refractivity contribution in [2.24, 2.45) is 0 Å². The molecule has 1 aromatic rings. The van der Waals surface area contributed by atoms with E-state index < -0.39 is 16.1 Å². The van der Waals surface area contributed by atoms with E-state index >= 15 is 0 Å². The molecule has 1 heterocycles. The molecule has 0 amide bonds. The molecule has 0 saturated carbocycles. The second-order valence-electron chi connectivity index (χ2n) is 5.80. The average Bonchev–Trinajstić information content (AvgIpc) is 2.85. The van der Waals surface area contributed by atoms with Gasteiger partial charge in [-0.3, -0.25) is 4.90 Å². The Morgan fingerprint density at radius 2 is 2.09 bits per heavy atom. The van der Waals surface area contributed by atoms with Gasteiger partial charge in [0.15, 0.2) is 0 Å². The van der Waals surface area contributed by atoms with Crippen molar-refractivity contribution >= 4 is 10.0 Å². The van der Waals surface area contributed by atoms with Crippen LogP contribution in [0.15, 0.2) is 24.3 Å². The fourth-order valence-corrected chi connectivity index (χ4v) is 3.37. The third-order valence-electron chi connectivity index (χ3n) is 4.01. The number of benzene rings is 1. The highest BCUT2D eigenvalue weighted by Crippen LogP contribution is 2.27. The number of hydrogen-bond acceptors (Lipinski definition) is 4. The normalized spacial score (nSPS) is 21.1. The lowest BCUT2D eigenvalue weighted by atomic mass is 10.0. The van der Waals surface area contributed by atoms with Crippen LogP contribution in [-0.2, 0) is 10.0 Å². The van der Waals surface area contributed by atoms with E-state index in [-0.39, 0.29) is 11.9 Å². The minimum atomic E-state index is -3.16. The van der Waals surface area contributed by atoms with E-state index in [0.717, 1.165) is 25.6 Å². The van der Waals surface area contributed by atoms with Crippen molar-refractivity contribution in [3.8, 4) is 0 Å². The van der Waals surface area contributed by atoms with E-state index in [0.29, 0.717) is 25.1 Å². The van der Waals surface area contributed by atoms with Crippen molar-refractivity contribution in [3.05, 3.63) is 35.6 Å². The Kier molecular flexibility index (Phi) is 5.91. The monoisotopic (exact) mass is 330 g/mol. The first-order valence-corrected chi connectivity index (χ1v) is 9.36. The first kappa shape index (κ1) is 17.3. The lowest BCUT2D eigenvalue weighted by Gasteiger charge is -2.26. The number of aliphatic hydroxyl groups is 1. The van der Waals surface area contributed by atoms with Crippen LogP contribution >= 0.6 is 0 Å². The van der Waals surface area contributed by atoms with Gasteiger partial charge in [-0.15, -0.1) is 0 Å². The predicted molar refractivity (Wildman–Crippen MR) is 83.4 cm³/mol. The summed E-state index contributed by atoms with van der Waals surface area (Å²) >= 11 is 0. The SMILES string of the molecule is CS(=O)(=O)NCCN1CCC[C@H]1C[C@@H](O)c1ccc(F)cc1. The van der Waals surface area contributed by atoms with Crippen molar-refractivity contribution in [2.45, 2.75) is 31.4 Å². The fourth-order valence-electron chi connectivity index (χ4n) is 2.91.